The number of hydrogen-bond donors (Lipinski definition) is 1. The fourth-order valence-electron chi connectivity index (χ4n) is 2.94. The maximum atomic E-state index is 13.7. The molecule has 2 saturated heterocycles. The molecule has 0 saturated carbocycles. The van der Waals surface area contributed by atoms with E-state index < -0.39 is 5.82 Å². The van der Waals surface area contributed by atoms with E-state index in [2.05, 4.69) is 5.32 Å². The molecule has 4 amide bonds. The SMILES string of the molecule is O=C(c1ccccc1F)N1CCC(N2C(=O)CNC2=O)CC1. The second-order valence-electron chi connectivity index (χ2n) is 5.43. The number of urea groups is 1. The summed E-state index contributed by atoms with van der Waals surface area (Å²) in [6, 6.07) is 5.31. The predicted molar refractivity (Wildman–Crippen MR) is 75.6 cm³/mol. The Balaban J connectivity index is 1.65. The van der Waals surface area contributed by atoms with Gasteiger partial charge in [0.15, 0.2) is 0 Å². The lowest BCUT2D eigenvalue weighted by atomic mass is 10.0. The third-order valence-corrected chi connectivity index (χ3v) is 4.10. The van der Waals surface area contributed by atoms with Gasteiger partial charge in [-0.25, -0.2) is 9.18 Å². The van der Waals surface area contributed by atoms with Crippen LogP contribution < -0.4 is 5.32 Å². The normalized spacial score (nSPS) is 19.5. The zero-order chi connectivity index (χ0) is 15.7. The van der Waals surface area contributed by atoms with Crippen LogP contribution in [0.15, 0.2) is 24.3 Å². The van der Waals surface area contributed by atoms with E-state index in [4.69, 9.17) is 0 Å². The van der Waals surface area contributed by atoms with Crippen LogP contribution in [0.3, 0.4) is 0 Å². The van der Waals surface area contributed by atoms with Gasteiger partial charge < -0.3 is 10.2 Å². The van der Waals surface area contributed by atoms with Crippen molar-refractivity contribution in [1.82, 2.24) is 15.1 Å². The fourth-order valence-corrected chi connectivity index (χ4v) is 2.94. The molecule has 1 aromatic rings. The fraction of sp³-hybridized carbons (Fsp3) is 0.400. The first-order chi connectivity index (χ1) is 10.6. The van der Waals surface area contributed by atoms with Crippen LogP contribution in [0, 0.1) is 5.82 Å². The van der Waals surface area contributed by atoms with E-state index in [0.717, 1.165) is 0 Å². The molecule has 0 aromatic heterocycles. The van der Waals surface area contributed by atoms with Crippen molar-refractivity contribution in [3.05, 3.63) is 35.6 Å². The number of nitrogens with one attached hydrogen (secondary N) is 1. The number of carbonyl (C=O) groups excluding carboxylic acids is 3. The zero-order valence-corrected chi connectivity index (χ0v) is 11.9. The number of piperidine rings is 1. The summed E-state index contributed by atoms with van der Waals surface area (Å²) in [5.74, 6) is -1.12. The molecule has 2 heterocycles. The third-order valence-electron chi connectivity index (χ3n) is 4.10. The van der Waals surface area contributed by atoms with Gasteiger partial charge >= 0.3 is 6.03 Å². The molecule has 0 spiro atoms. The van der Waals surface area contributed by atoms with Crippen LogP contribution in [-0.2, 0) is 4.79 Å². The Bertz CT molecular complexity index is 610. The average Bonchev–Trinajstić information content (AvgIpc) is 2.86. The number of imide groups is 1. The molecule has 0 radical (unpaired) electrons. The summed E-state index contributed by atoms with van der Waals surface area (Å²) in [4.78, 5) is 38.4. The van der Waals surface area contributed by atoms with E-state index in [1.807, 2.05) is 0 Å². The molecule has 6 nitrogen and oxygen atoms in total. The molecule has 0 unspecified atom stereocenters. The van der Waals surface area contributed by atoms with E-state index in [0.29, 0.717) is 25.9 Å². The van der Waals surface area contributed by atoms with Crippen molar-refractivity contribution >= 4 is 17.8 Å². The Morgan fingerprint density at radius 2 is 1.86 bits per heavy atom. The first kappa shape index (κ1) is 14.5. The van der Waals surface area contributed by atoms with Gasteiger partial charge in [0.2, 0.25) is 5.91 Å². The lowest BCUT2D eigenvalue weighted by molar-refractivity contribution is -0.127. The lowest BCUT2D eigenvalue weighted by Crippen LogP contribution is -2.49. The summed E-state index contributed by atoms with van der Waals surface area (Å²) < 4.78 is 13.7. The van der Waals surface area contributed by atoms with Gasteiger partial charge in [-0.15, -0.1) is 0 Å². The van der Waals surface area contributed by atoms with Crippen LogP contribution in [0.5, 0.6) is 0 Å². The number of halogens is 1. The summed E-state index contributed by atoms with van der Waals surface area (Å²) in [7, 11) is 0. The number of amides is 4. The highest BCUT2D eigenvalue weighted by atomic mass is 19.1. The molecule has 2 fully saturated rings. The minimum absolute atomic E-state index is 0.0349. The quantitative estimate of drug-likeness (QED) is 0.828. The van der Waals surface area contributed by atoms with Gasteiger partial charge in [-0.05, 0) is 25.0 Å². The largest absolute Gasteiger partial charge is 0.338 e. The van der Waals surface area contributed by atoms with E-state index >= 15 is 0 Å². The third kappa shape index (κ3) is 2.54. The number of benzene rings is 1. The summed E-state index contributed by atoms with van der Waals surface area (Å²) in [6.07, 6.45) is 1.03. The Morgan fingerprint density at radius 1 is 1.18 bits per heavy atom. The second-order valence-corrected chi connectivity index (χ2v) is 5.43. The number of nitrogens with zero attached hydrogens (tertiary/aromatic N) is 2. The van der Waals surface area contributed by atoms with Crippen molar-refractivity contribution < 1.29 is 18.8 Å². The van der Waals surface area contributed by atoms with Gasteiger partial charge in [0.25, 0.3) is 5.91 Å². The smallest absolute Gasteiger partial charge is 0.324 e. The molecule has 0 bridgehead atoms. The molecule has 2 aliphatic rings. The Labute approximate surface area is 126 Å². The Hall–Kier alpha value is -2.44. The van der Waals surface area contributed by atoms with Crippen molar-refractivity contribution in [2.75, 3.05) is 19.6 Å². The highest BCUT2D eigenvalue weighted by Crippen LogP contribution is 2.21. The van der Waals surface area contributed by atoms with Gasteiger partial charge in [-0.1, -0.05) is 12.1 Å². The van der Waals surface area contributed by atoms with Crippen LogP contribution in [0.2, 0.25) is 0 Å². The molecular weight excluding hydrogens is 289 g/mol. The summed E-state index contributed by atoms with van der Waals surface area (Å²) in [5, 5.41) is 2.49. The van der Waals surface area contributed by atoms with Crippen LogP contribution in [0.4, 0.5) is 9.18 Å². The first-order valence-electron chi connectivity index (χ1n) is 7.21. The summed E-state index contributed by atoms with van der Waals surface area (Å²) in [6.45, 7) is 0.830. The van der Waals surface area contributed by atoms with Gasteiger partial charge in [0.05, 0.1) is 12.1 Å². The van der Waals surface area contributed by atoms with Crippen molar-refractivity contribution in [1.29, 1.82) is 0 Å². The minimum Gasteiger partial charge on any atom is -0.338 e. The number of rotatable bonds is 2. The van der Waals surface area contributed by atoms with Gasteiger partial charge in [-0.2, -0.15) is 0 Å². The molecule has 2 aliphatic heterocycles. The Morgan fingerprint density at radius 3 is 2.45 bits per heavy atom. The lowest BCUT2D eigenvalue weighted by Gasteiger charge is -2.35. The first-order valence-corrected chi connectivity index (χ1v) is 7.21. The molecular formula is C15H16FN3O3. The summed E-state index contributed by atoms with van der Waals surface area (Å²) >= 11 is 0. The number of hydrogen-bond acceptors (Lipinski definition) is 3. The van der Waals surface area contributed by atoms with Crippen LogP contribution in [0.1, 0.15) is 23.2 Å². The topological polar surface area (TPSA) is 69.7 Å². The molecule has 0 aliphatic carbocycles. The van der Waals surface area contributed by atoms with E-state index in [1.54, 1.807) is 11.0 Å². The number of carbonyl (C=O) groups is 3. The van der Waals surface area contributed by atoms with E-state index in [9.17, 15) is 18.8 Å². The zero-order valence-electron chi connectivity index (χ0n) is 11.9. The molecule has 3 rings (SSSR count). The minimum atomic E-state index is -0.538. The van der Waals surface area contributed by atoms with Crippen molar-refractivity contribution in [2.45, 2.75) is 18.9 Å². The second kappa shape index (κ2) is 5.75. The average molecular weight is 305 g/mol. The van der Waals surface area contributed by atoms with Crippen LogP contribution >= 0.6 is 0 Å². The molecule has 1 N–H and O–H groups in total. The molecule has 1 aromatic carbocycles. The maximum absolute atomic E-state index is 13.7. The van der Waals surface area contributed by atoms with Gasteiger partial charge in [-0.3, -0.25) is 14.5 Å². The summed E-state index contributed by atoms with van der Waals surface area (Å²) in [5.41, 5.74) is 0.0518. The molecule has 22 heavy (non-hydrogen) atoms. The highest BCUT2D eigenvalue weighted by molar-refractivity contribution is 6.02. The molecule has 7 heteroatoms. The van der Waals surface area contributed by atoms with Crippen molar-refractivity contribution in [3.63, 3.8) is 0 Å². The van der Waals surface area contributed by atoms with Crippen LogP contribution in [0.25, 0.3) is 0 Å². The molecule has 116 valence electrons. The highest BCUT2D eigenvalue weighted by Gasteiger charge is 2.37. The van der Waals surface area contributed by atoms with E-state index in [1.165, 1.54) is 23.1 Å². The standard InChI is InChI=1S/C15H16FN3O3/c16-12-4-2-1-3-11(12)14(21)18-7-5-10(6-8-18)19-13(20)9-17-15(19)22/h1-4,10H,5-9H2,(H,17,22). The van der Waals surface area contributed by atoms with Gasteiger partial charge in [0.1, 0.15) is 5.82 Å². The Kier molecular flexibility index (Phi) is 3.79. The predicted octanol–water partition coefficient (Wildman–Crippen LogP) is 0.982. The van der Waals surface area contributed by atoms with Crippen molar-refractivity contribution in [3.8, 4) is 0 Å². The van der Waals surface area contributed by atoms with Gasteiger partial charge in [0, 0.05) is 19.1 Å². The van der Waals surface area contributed by atoms with Crippen LogP contribution in [-0.4, -0.2) is 53.3 Å². The van der Waals surface area contributed by atoms with E-state index in [-0.39, 0.29) is 36.0 Å². The van der Waals surface area contributed by atoms with Crippen molar-refractivity contribution in [2.24, 2.45) is 0 Å². The maximum Gasteiger partial charge on any atom is 0.324 e. The monoisotopic (exact) mass is 305 g/mol. The molecule has 0 atom stereocenters. The number of likely N-dealkylation sites (tertiary alicyclic amines) is 1.